The van der Waals surface area contributed by atoms with Crippen LogP contribution in [0, 0.1) is 6.92 Å². The summed E-state index contributed by atoms with van der Waals surface area (Å²) in [6.07, 6.45) is 0. The third kappa shape index (κ3) is 4.51. The van der Waals surface area contributed by atoms with Crippen LogP contribution in [0.3, 0.4) is 0 Å². The van der Waals surface area contributed by atoms with E-state index in [2.05, 4.69) is 4.90 Å². The molecule has 0 saturated carbocycles. The zero-order chi connectivity index (χ0) is 24.2. The number of ether oxygens (including phenoxy) is 3. The molecule has 2 aromatic carbocycles. The second-order valence-corrected chi connectivity index (χ2v) is 8.37. The first-order valence-corrected chi connectivity index (χ1v) is 11.3. The third-order valence-corrected chi connectivity index (χ3v) is 6.42. The summed E-state index contributed by atoms with van der Waals surface area (Å²) in [4.78, 5) is 30.3. The van der Waals surface area contributed by atoms with Crippen LogP contribution in [0.2, 0.25) is 0 Å². The van der Waals surface area contributed by atoms with Crippen molar-refractivity contribution in [1.82, 2.24) is 9.80 Å². The fourth-order valence-corrected chi connectivity index (χ4v) is 4.57. The van der Waals surface area contributed by atoms with Crippen LogP contribution < -0.4 is 9.47 Å². The highest BCUT2D eigenvalue weighted by atomic mass is 16.5. The molecule has 0 bridgehead atoms. The molecular weight excluding hydrogens is 436 g/mol. The maximum Gasteiger partial charge on any atom is 0.295 e. The Kier molecular flexibility index (Phi) is 7.19. The van der Waals surface area contributed by atoms with E-state index in [4.69, 9.17) is 14.2 Å². The van der Waals surface area contributed by atoms with E-state index in [-0.39, 0.29) is 11.3 Å². The Morgan fingerprint density at radius 1 is 1.06 bits per heavy atom. The summed E-state index contributed by atoms with van der Waals surface area (Å²) in [5, 5.41) is 11.4. The zero-order valence-corrected chi connectivity index (χ0v) is 19.7. The molecule has 0 aliphatic carbocycles. The van der Waals surface area contributed by atoms with E-state index in [1.54, 1.807) is 43.4 Å². The van der Waals surface area contributed by atoms with Gasteiger partial charge in [0.2, 0.25) is 0 Å². The van der Waals surface area contributed by atoms with Gasteiger partial charge in [-0.2, -0.15) is 0 Å². The smallest absolute Gasteiger partial charge is 0.295 e. The second-order valence-electron chi connectivity index (χ2n) is 8.37. The molecule has 8 heteroatoms. The van der Waals surface area contributed by atoms with Gasteiger partial charge in [0.05, 0.1) is 39.0 Å². The lowest BCUT2D eigenvalue weighted by molar-refractivity contribution is -0.140. The van der Waals surface area contributed by atoms with Gasteiger partial charge in [-0.05, 0) is 36.8 Å². The number of carbonyl (C=O) groups is 2. The molecule has 2 aliphatic heterocycles. The SMILES string of the molecule is COc1ccc(C(O)=C2C(=O)C(=O)N(CCN3CCOCC3)[C@@H]2c2ccccc2OC)c(C)c1. The number of morpholine rings is 1. The van der Waals surface area contributed by atoms with Crippen LogP contribution in [0.25, 0.3) is 5.76 Å². The van der Waals surface area contributed by atoms with Gasteiger partial charge >= 0.3 is 0 Å². The molecule has 4 rings (SSSR count). The number of Topliss-reactive ketones (excluding diaryl/α,β-unsaturated/α-hetero) is 1. The predicted octanol–water partition coefficient (Wildman–Crippen LogP) is 2.77. The van der Waals surface area contributed by atoms with Crippen LogP contribution in [-0.4, -0.2) is 80.2 Å². The maximum absolute atomic E-state index is 13.3. The first kappa shape index (κ1) is 23.8. The third-order valence-electron chi connectivity index (χ3n) is 6.42. The van der Waals surface area contributed by atoms with E-state index >= 15 is 0 Å². The minimum absolute atomic E-state index is 0.0599. The van der Waals surface area contributed by atoms with Gasteiger partial charge in [-0.3, -0.25) is 14.5 Å². The number of likely N-dealkylation sites (tertiary alicyclic amines) is 1. The number of rotatable bonds is 7. The van der Waals surface area contributed by atoms with Gasteiger partial charge in [-0.25, -0.2) is 0 Å². The molecule has 180 valence electrons. The maximum atomic E-state index is 13.3. The van der Waals surface area contributed by atoms with Gasteiger partial charge < -0.3 is 24.2 Å². The predicted molar refractivity (Wildman–Crippen MR) is 127 cm³/mol. The molecule has 1 N–H and O–H groups in total. The Bertz CT molecular complexity index is 1110. The van der Waals surface area contributed by atoms with Crippen molar-refractivity contribution in [1.29, 1.82) is 0 Å². The molecule has 2 aliphatic rings. The molecule has 0 radical (unpaired) electrons. The fraction of sp³-hybridized carbons (Fsp3) is 0.385. The van der Waals surface area contributed by atoms with E-state index in [9.17, 15) is 14.7 Å². The largest absolute Gasteiger partial charge is 0.507 e. The number of aliphatic hydroxyl groups is 1. The summed E-state index contributed by atoms with van der Waals surface area (Å²) < 4.78 is 16.2. The number of aryl methyl sites for hydroxylation is 1. The summed E-state index contributed by atoms with van der Waals surface area (Å²) in [5.41, 5.74) is 1.92. The van der Waals surface area contributed by atoms with Crippen LogP contribution in [0.1, 0.15) is 22.7 Å². The molecule has 2 saturated heterocycles. The van der Waals surface area contributed by atoms with Crippen molar-refractivity contribution in [3.05, 3.63) is 64.7 Å². The van der Waals surface area contributed by atoms with Crippen LogP contribution in [-0.2, 0) is 14.3 Å². The van der Waals surface area contributed by atoms with Gasteiger partial charge in [0.25, 0.3) is 11.7 Å². The van der Waals surface area contributed by atoms with Crippen LogP contribution in [0.4, 0.5) is 0 Å². The van der Waals surface area contributed by atoms with Gasteiger partial charge in [-0.15, -0.1) is 0 Å². The Hall–Kier alpha value is -3.36. The van der Waals surface area contributed by atoms with Crippen LogP contribution in [0.15, 0.2) is 48.0 Å². The lowest BCUT2D eigenvalue weighted by Gasteiger charge is -2.31. The van der Waals surface area contributed by atoms with E-state index in [1.807, 2.05) is 25.1 Å². The van der Waals surface area contributed by atoms with Crippen LogP contribution in [0.5, 0.6) is 11.5 Å². The molecule has 2 heterocycles. The van der Waals surface area contributed by atoms with Crippen molar-refractivity contribution in [2.24, 2.45) is 0 Å². The fourth-order valence-electron chi connectivity index (χ4n) is 4.57. The lowest BCUT2D eigenvalue weighted by atomic mass is 9.93. The Morgan fingerprint density at radius 2 is 1.79 bits per heavy atom. The minimum Gasteiger partial charge on any atom is -0.507 e. The number of hydrogen-bond donors (Lipinski definition) is 1. The Labute approximate surface area is 199 Å². The summed E-state index contributed by atoms with van der Waals surface area (Å²) in [7, 11) is 3.11. The van der Waals surface area contributed by atoms with Gasteiger partial charge in [0.15, 0.2) is 0 Å². The second kappa shape index (κ2) is 10.3. The molecule has 1 atom stereocenters. The number of nitrogens with zero attached hydrogens (tertiary/aromatic N) is 2. The highest BCUT2D eigenvalue weighted by Gasteiger charge is 2.47. The number of hydrogen-bond acceptors (Lipinski definition) is 7. The van der Waals surface area contributed by atoms with Gasteiger partial charge in [0, 0.05) is 37.3 Å². The van der Waals surface area contributed by atoms with E-state index < -0.39 is 17.7 Å². The molecule has 8 nitrogen and oxygen atoms in total. The molecule has 0 spiro atoms. The normalized spacial score (nSPS) is 20.6. The number of ketones is 1. The summed E-state index contributed by atoms with van der Waals surface area (Å²) in [5.74, 6) is -0.352. The summed E-state index contributed by atoms with van der Waals surface area (Å²) >= 11 is 0. The number of para-hydroxylation sites is 1. The Morgan fingerprint density at radius 3 is 2.47 bits per heavy atom. The number of amides is 1. The Balaban J connectivity index is 1.79. The average Bonchev–Trinajstić information content (AvgIpc) is 3.12. The molecule has 2 aromatic rings. The monoisotopic (exact) mass is 466 g/mol. The minimum atomic E-state index is -0.765. The van der Waals surface area contributed by atoms with E-state index in [0.29, 0.717) is 48.9 Å². The average molecular weight is 467 g/mol. The zero-order valence-electron chi connectivity index (χ0n) is 19.7. The van der Waals surface area contributed by atoms with Crippen LogP contribution >= 0.6 is 0 Å². The molecular formula is C26H30N2O6. The summed E-state index contributed by atoms with van der Waals surface area (Å²) in [6.45, 7) is 5.60. The number of benzene rings is 2. The molecule has 2 fully saturated rings. The van der Waals surface area contributed by atoms with Gasteiger partial charge in [0.1, 0.15) is 17.3 Å². The first-order chi connectivity index (χ1) is 16.5. The molecule has 0 unspecified atom stereocenters. The number of methoxy groups -OCH3 is 2. The standard InChI is InChI=1S/C26H30N2O6/c1-17-16-18(32-2)8-9-19(17)24(29)22-23(20-6-4-5-7-21(20)33-3)28(26(31)25(22)30)11-10-27-12-14-34-15-13-27/h4-9,16,23,29H,10-15H2,1-3H3/t23-/m1/s1. The molecule has 34 heavy (non-hydrogen) atoms. The van der Waals surface area contributed by atoms with Crippen molar-refractivity contribution in [3.63, 3.8) is 0 Å². The van der Waals surface area contributed by atoms with E-state index in [0.717, 1.165) is 18.7 Å². The van der Waals surface area contributed by atoms with Crippen molar-refractivity contribution >= 4 is 17.4 Å². The van der Waals surface area contributed by atoms with Crippen molar-refractivity contribution < 1.29 is 28.9 Å². The number of aliphatic hydroxyl groups excluding tert-OH is 1. The highest BCUT2D eigenvalue weighted by molar-refractivity contribution is 6.46. The van der Waals surface area contributed by atoms with Crippen molar-refractivity contribution in [3.8, 4) is 11.5 Å². The van der Waals surface area contributed by atoms with Gasteiger partial charge in [-0.1, -0.05) is 18.2 Å². The van der Waals surface area contributed by atoms with Crippen molar-refractivity contribution in [2.45, 2.75) is 13.0 Å². The topological polar surface area (TPSA) is 88.5 Å². The first-order valence-electron chi connectivity index (χ1n) is 11.3. The number of carbonyl (C=O) groups excluding carboxylic acids is 2. The molecule has 0 aromatic heterocycles. The van der Waals surface area contributed by atoms with E-state index in [1.165, 1.54) is 0 Å². The lowest BCUT2D eigenvalue weighted by Crippen LogP contribution is -2.42. The quantitative estimate of drug-likeness (QED) is 0.381. The highest BCUT2D eigenvalue weighted by Crippen LogP contribution is 2.43. The summed E-state index contributed by atoms with van der Waals surface area (Å²) in [6, 6.07) is 11.7. The molecule has 1 amide bonds. The van der Waals surface area contributed by atoms with Crippen molar-refractivity contribution in [2.75, 3.05) is 53.6 Å².